The second-order valence-corrected chi connectivity index (χ2v) is 4.70. The Balaban J connectivity index is 1.96. The number of benzene rings is 1. The van der Waals surface area contributed by atoms with E-state index >= 15 is 0 Å². The second-order valence-electron chi connectivity index (χ2n) is 4.31. The SMILES string of the molecule is CN(CCc1ccccc1)C(=O)c1cccc(Cl)n1. The summed E-state index contributed by atoms with van der Waals surface area (Å²) in [6.45, 7) is 0.650. The third kappa shape index (κ3) is 3.80. The molecule has 0 aliphatic heterocycles. The van der Waals surface area contributed by atoms with Gasteiger partial charge in [-0.3, -0.25) is 4.79 Å². The molecule has 0 saturated heterocycles. The number of nitrogens with zero attached hydrogens (tertiary/aromatic N) is 2. The monoisotopic (exact) mass is 274 g/mol. The average molecular weight is 275 g/mol. The largest absolute Gasteiger partial charge is 0.340 e. The van der Waals surface area contributed by atoms with E-state index in [0.717, 1.165) is 6.42 Å². The molecule has 19 heavy (non-hydrogen) atoms. The maximum absolute atomic E-state index is 12.1. The number of halogens is 1. The summed E-state index contributed by atoms with van der Waals surface area (Å²) in [4.78, 5) is 17.8. The van der Waals surface area contributed by atoms with Gasteiger partial charge in [0.05, 0.1) is 0 Å². The van der Waals surface area contributed by atoms with Gasteiger partial charge in [0.15, 0.2) is 0 Å². The van der Waals surface area contributed by atoms with Gasteiger partial charge >= 0.3 is 0 Å². The first-order valence-electron chi connectivity index (χ1n) is 6.09. The van der Waals surface area contributed by atoms with Crippen LogP contribution in [0, 0.1) is 0 Å². The molecule has 0 unspecified atom stereocenters. The van der Waals surface area contributed by atoms with Crippen molar-refractivity contribution in [1.82, 2.24) is 9.88 Å². The second kappa shape index (κ2) is 6.34. The zero-order valence-corrected chi connectivity index (χ0v) is 11.5. The van der Waals surface area contributed by atoms with Gasteiger partial charge in [-0.2, -0.15) is 0 Å². The molecular formula is C15H15ClN2O. The predicted molar refractivity (Wildman–Crippen MR) is 76.4 cm³/mol. The van der Waals surface area contributed by atoms with Crippen molar-refractivity contribution in [2.75, 3.05) is 13.6 Å². The highest BCUT2D eigenvalue weighted by atomic mass is 35.5. The standard InChI is InChI=1S/C15H15ClN2O/c1-18(11-10-12-6-3-2-4-7-12)15(19)13-8-5-9-14(16)17-13/h2-9H,10-11H2,1H3. The minimum absolute atomic E-state index is 0.113. The third-order valence-electron chi connectivity index (χ3n) is 2.86. The molecule has 4 heteroatoms. The van der Waals surface area contributed by atoms with Crippen molar-refractivity contribution in [2.24, 2.45) is 0 Å². The van der Waals surface area contributed by atoms with Crippen molar-refractivity contribution >= 4 is 17.5 Å². The number of hydrogen-bond acceptors (Lipinski definition) is 2. The van der Waals surface area contributed by atoms with Crippen LogP contribution in [-0.2, 0) is 6.42 Å². The Morgan fingerprint density at radius 1 is 1.16 bits per heavy atom. The Kier molecular flexibility index (Phi) is 4.53. The van der Waals surface area contributed by atoms with Gasteiger partial charge < -0.3 is 4.90 Å². The normalized spacial score (nSPS) is 10.2. The van der Waals surface area contributed by atoms with E-state index in [0.29, 0.717) is 17.4 Å². The average Bonchev–Trinajstić information content (AvgIpc) is 2.45. The van der Waals surface area contributed by atoms with Gasteiger partial charge in [-0.05, 0) is 24.1 Å². The number of pyridine rings is 1. The van der Waals surface area contributed by atoms with Gasteiger partial charge in [0.2, 0.25) is 0 Å². The Hall–Kier alpha value is -1.87. The smallest absolute Gasteiger partial charge is 0.272 e. The highest BCUT2D eigenvalue weighted by Gasteiger charge is 2.13. The van der Waals surface area contributed by atoms with E-state index in [1.54, 1.807) is 30.1 Å². The molecule has 0 atom stereocenters. The van der Waals surface area contributed by atoms with Gasteiger partial charge in [0.1, 0.15) is 10.8 Å². The summed E-state index contributed by atoms with van der Waals surface area (Å²) in [5, 5.41) is 0.335. The van der Waals surface area contributed by atoms with Crippen LogP contribution in [0.1, 0.15) is 16.1 Å². The van der Waals surface area contributed by atoms with Gasteiger partial charge in [0.25, 0.3) is 5.91 Å². The topological polar surface area (TPSA) is 33.2 Å². The van der Waals surface area contributed by atoms with Crippen LogP contribution in [-0.4, -0.2) is 29.4 Å². The van der Waals surface area contributed by atoms with E-state index in [4.69, 9.17) is 11.6 Å². The van der Waals surface area contributed by atoms with E-state index in [9.17, 15) is 4.79 Å². The Labute approximate surface area is 117 Å². The minimum atomic E-state index is -0.113. The van der Waals surface area contributed by atoms with E-state index in [1.165, 1.54) is 5.56 Å². The van der Waals surface area contributed by atoms with Crippen molar-refractivity contribution in [3.8, 4) is 0 Å². The first kappa shape index (κ1) is 13.6. The van der Waals surface area contributed by atoms with Gasteiger partial charge in [-0.15, -0.1) is 0 Å². The van der Waals surface area contributed by atoms with Crippen molar-refractivity contribution in [3.63, 3.8) is 0 Å². The lowest BCUT2D eigenvalue weighted by atomic mass is 10.1. The fourth-order valence-electron chi connectivity index (χ4n) is 1.77. The lowest BCUT2D eigenvalue weighted by Gasteiger charge is -2.16. The number of carbonyl (C=O) groups excluding carboxylic acids is 1. The molecule has 0 bridgehead atoms. The lowest BCUT2D eigenvalue weighted by molar-refractivity contribution is 0.0791. The molecule has 0 radical (unpaired) electrons. The number of hydrogen-bond donors (Lipinski definition) is 0. The predicted octanol–water partition coefficient (Wildman–Crippen LogP) is 3.05. The van der Waals surface area contributed by atoms with Gasteiger partial charge in [-0.1, -0.05) is 48.0 Å². The summed E-state index contributed by atoms with van der Waals surface area (Å²) in [6, 6.07) is 15.1. The van der Waals surface area contributed by atoms with Gasteiger partial charge in [-0.25, -0.2) is 4.98 Å². The maximum Gasteiger partial charge on any atom is 0.272 e. The number of carbonyl (C=O) groups is 1. The van der Waals surface area contributed by atoms with Crippen LogP contribution < -0.4 is 0 Å². The molecule has 3 nitrogen and oxygen atoms in total. The number of rotatable bonds is 4. The molecule has 0 saturated carbocycles. The maximum atomic E-state index is 12.1. The zero-order valence-electron chi connectivity index (χ0n) is 10.7. The van der Waals surface area contributed by atoms with Crippen molar-refractivity contribution in [1.29, 1.82) is 0 Å². The summed E-state index contributed by atoms with van der Waals surface area (Å²) >= 11 is 5.78. The molecular weight excluding hydrogens is 260 g/mol. The Bertz CT molecular complexity index is 557. The summed E-state index contributed by atoms with van der Waals surface area (Å²) in [6.07, 6.45) is 0.823. The lowest BCUT2D eigenvalue weighted by Crippen LogP contribution is -2.29. The molecule has 0 aliphatic rings. The molecule has 0 spiro atoms. The molecule has 1 amide bonds. The summed E-state index contributed by atoms with van der Waals surface area (Å²) in [7, 11) is 1.77. The highest BCUT2D eigenvalue weighted by molar-refractivity contribution is 6.29. The third-order valence-corrected chi connectivity index (χ3v) is 3.07. The molecule has 1 aromatic heterocycles. The molecule has 1 heterocycles. The molecule has 0 N–H and O–H groups in total. The minimum Gasteiger partial charge on any atom is -0.340 e. The summed E-state index contributed by atoms with van der Waals surface area (Å²) in [5.74, 6) is -0.113. The molecule has 2 aromatic rings. The van der Waals surface area contributed by atoms with Crippen LogP contribution in [0.25, 0.3) is 0 Å². The fourth-order valence-corrected chi connectivity index (χ4v) is 1.93. The van der Waals surface area contributed by atoms with Crippen LogP contribution in [0.15, 0.2) is 48.5 Å². The number of aromatic nitrogens is 1. The zero-order chi connectivity index (χ0) is 13.7. The highest BCUT2D eigenvalue weighted by Crippen LogP contribution is 2.08. The first-order chi connectivity index (χ1) is 9.16. The quantitative estimate of drug-likeness (QED) is 0.803. The van der Waals surface area contributed by atoms with E-state index < -0.39 is 0 Å². The van der Waals surface area contributed by atoms with Crippen LogP contribution in [0.5, 0.6) is 0 Å². The molecule has 0 aliphatic carbocycles. The van der Waals surface area contributed by atoms with E-state index in [1.807, 2.05) is 18.2 Å². The van der Waals surface area contributed by atoms with E-state index in [-0.39, 0.29) is 5.91 Å². The van der Waals surface area contributed by atoms with Crippen molar-refractivity contribution in [2.45, 2.75) is 6.42 Å². The number of likely N-dealkylation sites (N-methyl/N-ethyl adjacent to an activating group) is 1. The first-order valence-corrected chi connectivity index (χ1v) is 6.46. The summed E-state index contributed by atoms with van der Waals surface area (Å²) in [5.41, 5.74) is 1.59. The van der Waals surface area contributed by atoms with Crippen molar-refractivity contribution < 1.29 is 4.79 Å². The van der Waals surface area contributed by atoms with Gasteiger partial charge in [0, 0.05) is 13.6 Å². The van der Waals surface area contributed by atoms with Crippen LogP contribution in [0.3, 0.4) is 0 Å². The Morgan fingerprint density at radius 3 is 2.58 bits per heavy atom. The van der Waals surface area contributed by atoms with Crippen molar-refractivity contribution in [3.05, 3.63) is 64.9 Å². The summed E-state index contributed by atoms with van der Waals surface area (Å²) < 4.78 is 0. The number of amides is 1. The molecule has 0 fully saturated rings. The molecule has 2 rings (SSSR count). The Morgan fingerprint density at radius 2 is 1.89 bits per heavy atom. The van der Waals surface area contributed by atoms with E-state index in [2.05, 4.69) is 17.1 Å². The van der Waals surface area contributed by atoms with Crippen LogP contribution in [0.4, 0.5) is 0 Å². The van der Waals surface area contributed by atoms with Crippen LogP contribution in [0.2, 0.25) is 5.15 Å². The fraction of sp³-hybridized carbons (Fsp3) is 0.200. The molecule has 1 aromatic carbocycles. The molecule has 98 valence electrons. The van der Waals surface area contributed by atoms with Crippen LogP contribution >= 0.6 is 11.6 Å².